The third kappa shape index (κ3) is 3.37. The molecule has 1 atom stereocenters. The van der Waals surface area contributed by atoms with Crippen molar-refractivity contribution in [3.63, 3.8) is 0 Å². The predicted octanol–water partition coefficient (Wildman–Crippen LogP) is -0.615. The van der Waals surface area contributed by atoms with Crippen molar-refractivity contribution in [1.82, 2.24) is 0 Å². The molecule has 0 spiro atoms. The summed E-state index contributed by atoms with van der Waals surface area (Å²) in [4.78, 5) is 13.0. The van der Waals surface area contributed by atoms with Crippen molar-refractivity contribution in [2.24, 2.45) is 5.73 Å². The SMILES string of the molecule is BC1(c2cccc(Br)c2)OC(N)=C(OS(=O)(=O)C(B)(B)c2ccccc2)C1=O. The molecule has 0 saturated carbocycles. The number of carbonyl (C=O) groups excluding carboxylic acids is 1. The minimum atomic E-state index is -4.25. The highest BCUT2D eigenvalue weighted by Gasteiger charge is 2.50. The van der Waals surface area contributed by atoms with Gasteiger partial charge in [0.05, 0.1) is 4.55 Å². The van der Waals surface area contributed by atoms with E-state index in [-0.39, 0.29) is 5.88 Å². The number of Topliss-reactive ketones (excluding diaryl/α,β-unsaturated/α-hetero) is 1. The normalized spacial score (nSPS) is 20.1. The largest absolute Gasteiger partial charge is 0.467 e. The number of hydrogen-bond acceptors (Lipinski definition) is 6. The number of ketones is 1. The molecule has 1 heterocycles. The molecule has 0 aromatic heterocycles. The van der Waals surface area contributed by atoms with Gasteiger partial charge in [-0.2, -0.15) is 8.42 Å². The molecule has 2 aromatic rings. The average molecular weight is 460 g/mol. The van der Waals surface area contributed by atoms with Crippen molar-refractivity contribution in [2.75, 3.05) is 0 Å². The standard InChI is InChI=1S/C17H17B3BrNO5S/c18-16(11-7-4-8-12(21)9-11)14(23)13(15(22)26-16)27-28(24,25)17(19,20)10-5-2-1-3-6-10/h1-9H,18-20,22H2. The van der Waals surface area contributed by atoms with Crippen molar-refractivity contribution in [1.29, 1.82) is 0 Å². The Morgan fingerprint density at radius 1 is 1.11 bits per heavy atom. The summed E-state index contributed by atoms with van der Waals surface area (Å²) in [6, 6.07) is 15.5. The predicted molar refractivity (Wildman–Crippen MR) is 117 cm³/mol. The van der Waals surface area contributed by atoms with Crippen LogP contribution in [-0.4, -0.2) is 37.7 Å². The Balaban J connectivity index is 1.94. The Morgan fingerprint density at radius 3 is 2.36 bits per heavy atom. The van der Waals surface area contributed by atoms with Gasteiger partial charge in [0.2, 0.25) is 17.4 Å². The number of rotatable bonds is 5. The van der Waals surface area contributed by atoms with E-state index < -0.39 is 31.7 Å². The van der Waals surface area contributed by atoms with Crippen molar-refractivity contribution in [3.05, 3.63) is 81.8 Å². The molecular weight excluding hydrogens is 443 g/mol. The van der Waals surface area contributed by atoms with Gasteiger partial charge in [0.25, 0.3) is 0 Å². The van der Waals surface area contributed by atoms with Crippen LogP contribution in [0.1, 0.15) is 11.1 Å². The molecule has 0 bridgehead atoms. The number of ether oxygens (including phenoxy) is 1. The molecule has 142 valence electrons. The Labute approximate surface area is 175 Å². The van der Waals surface area contributed by atoms with Crippen LogP contribution in [0.25, 0.3) is 0 Å². The van der Waals surface area contributed by atoms with Crippen LogP contribution in [0.5, 0.6) is 0 Å². The molecular formula is C17H17B3BrNO5S. The van der Waals surface area contributed by atoms with Gasteiger partial charge in [-0.25, -0.2) is 0 Å². The molecule has 0 aliphatic carbocycles. The summed E-state index contributed by atoms with van der Waals surface area (Å²) < 4.78 is 36.1. The van der Waals surface area contributed by atoms with E-state index in [0.29, 0.717) is 11.1 Å². The number of carbonyl (C=O) groups is 1. The molecule has 28 heavy (non-hydrogen) atoms. The van der Waals surface area contributed by atoms with Crippen LogP contribution in [-0.2, 0) is 33.9 Å². The van der Waals surface area contributed by atoms with Gasteiger partial charge in [0.1, 0.15) is 15.7 Å². The molecule has 2 N–H and O–H groups in total. The molecule has 1 aliphatic heterocycles. The zero-order chi connectivity index (χ0) is 20.7. The maximum Gasteiger partial charge on any atom is 0.304 e. The van der Waals surface area contributed by atoms with Crippen LogP contribution >= 0.6 is 15.9 Å². The quantitative estimate of drug-likeness (QED) is 0.473. The zero-order valence-electron chi connectivity index (χ0n) is 15.6. The van der Waals surface area contributed by atoms with Gasteiger partial charge >= 0.3 is 10.1 Å². The first-order chi connectivity index (χ1) is 13.0. The first-order valence-corrected chi connectivity index (χ1v) is 10.7. The van der Waals surface area contributed by atoms with Crippen molar-refractivity contribution in [2.45, 2.75) is 10.0 Å². The first kappa shape index (κ1) is 20.6. The van der Waals surface area contributed by atoms with E-state index in [9.17, 15) is 13.2 Å². The van der Waals surface area contributed by atoms with Crippen molar-refractivity contribution >= 4 is 55.4 Å². The number of nitrogens with two attached hydrogens (primary N) is 1. The smallest absolute Gasteiger partial charge is 0.304 e. The molecule has 1 aliphatic rings. The molecule has 0 fully saturated rings. The van der Waals surface area contributed by atoms with E-state index >= 15 is 0 Å². The fourth-order valence-corrected chi connectivity index (χ4v) is 4.30. The van der Waals surface area contributed by atoms with Crippen LogP contribution in [0.2, 0.25) is 0 Å². The van der Waals surface area contributed by atoms with E-state index in [4.69, 9.17) is 14.7 Å². The lowest BCUT2D eigenvalue weighted by atomic mass is 9.65. The maximum absolute atomic E-state index is 13.0. The Morgan fingerprint density at radius 2 is 1.75 bits per heavy atom. The van der Waals surface area contributed by atoms with Gasteiger partial charge in [-0.05, 0) is 23.3 Å². The van der Waals surface area contributed by atoms with Crippen LogP contribution in [0, 0.1) is 0 Å². The Bertz CT molecular complexity index is 1080. The van der Waals surface area contributed by atoms with Gasteiger partial charge in [-0.3, -0.25) is 4.79 Å². The summed E-state index contributed by atoms with van der Waals surface area (Å²) in [6.45, 7) is 0. The van der Waals surface area contributed by atoms with Gasteiger partial charge in [-0.1, -0.05) is 58.4 Å². The highest BCUT2D eigenvalue weighted by atomic mass is 79.9. The van der Waals surface area contributed by atoms with E-state index in [1.54, 1.807) is 54.6 Å². The van der Waals surface area contributed by atoms with E-state index in [1.165, 1.54) is 23.5 Å². The topological polar surface area (TPSA) is 95.7 Å². The highest BCUT2D eigenvalue weighted by Crippen LogP contribution is 2.38. The molecule has 2 aromatic carbocycles. The monoisotopic (exact) mass is 459 g/mol. The lowest BCUT2D eigenvalue weighted by molar-refractivity contribution is -0.126. The molecule has 0 amide bonds. The first-order valence-electron chi connectivity index (χ1n) is 8.48. The minimum absolute atomic E-state index is 0.361. The highest BCUT2D eigenvalue weighted by molar-refractivity contribution is 9.10. The van der Waals surface area contributed by atoms with E-state index in [0.717, 1.165) is 4.47 Å². The Kier molecular flexibility index (Phi) is 5.18. The summed E-state index contributed by atoms with van der Waals surface area (Å²) in [5, 5.41) is 0. The van der Waals surface area contributed by atoms with Gasteiger partial charge < -0.3 is 14.7 Å². The van der Waals surface area contributed by atoms with Crippen molar-refractivity contribution in [3.8, 4) is 0 Å². The number of halogens is 1. The zero-order valence-corrected chi connectivity index (χ0v) is 18.0. The fraction of sp³-hybridized carbons (Fsp3) is 0.118. The molecule has 0 radical (unpaired) electrons. The van der Waals surface area contributed by atoms with Crippen molar-refractivity contribution < 1.29 is 22.1 Å². The number of hydrogen-bond donors (Lipinski definition) is 1. The van der Waals surface area contributed by atoms with Gasteiger partial charge in [-0.15, -0.1) is 0 Å². The third-order valence-corrected chi connectivity index (χ3v) is 7.20. The van der Waals surface area contributed by atoms with E-state index in [2.05, 4.69) is 15.9 Å². The second-order valence-corrected chi connectivity index (χ2v) is 10.1. The maximum atomic E-state index is 13.0. The lowest BCUT2D eigenvalue weighted by Crippen LogP contribution is -2.40. The molecule has 11 heteroatoms. The number of benzene rings is 2. The molecule has 1 unspecified atom stereocenters. The summed E-state index contributed by atoms with van der Waals surface area (Å²) in [5.41, 5.74) is 5.41. The van der Waals surface area contributed by atoms with Crippen LogP contribution in [0.15, 0.2) is 70.7 Å². The fourth-order valence-electron chi connectivity index (χ4n) is 2.89. The van der Waals surface area contributed by atoms with Crippen LogP contribution in [0.3, 0.4) is 0 Å². The summed E-state index contributed by atoms with van der Waals surface area (Å²) in [7, 11) is 0.277. The van der Waals surface area contributed by atoms with Gasteiger partial charge in [0.15, 0.2) is 13.3 Å². The molecule has 6 nitrogen and oxygen atoms in total. The molecule has 3 rings (SSSR count). The van der Waals surface area contributed by atoms with E-state index in [1.807, 2.05) is 0 Å². The van der Waals surface area contributed by atoms with Crippen LogP contribution < -0.4 is 5.73 Å². The Hall–Kier alpha value is -2.13. The lowest BCUT2D eigenvalue weighted by Gasteiger charge is -2.26. The molecule has 0 saturated heterocycles. The summed E-state index contributed by atoms with van der Waals surface area (Å²) >= 11 is 3.35. The second kappa shape index (κ2) is 7.04. The summed E-state index contributed by atoms with van der Waals surface area (Å²) in [6.07, 6.45) is 0. The van der Waals surface area contributed by atoms with Gasteiger partial charge in [0, 0.05) is 4.47 Å². The minimum Gasteiger partial charge on any atom is -0.467 e. The average Bonchev–Trinajstić information content (AvgIpc) is 2.86. The van der Waals surface area contributed by atoms with Crippen LogP contribution in [0.4, 0.5) is 0 Å². The summed E-state index contributed by atoms with van der Waals surface area (Å²) in [5.74, 6) is -1.53. The third-order valence-electron chi connectivity index (χ3n) is 4.84. The second-order valence-electron chi connectivity index (χ2n) is 7.08.